The molecule has 0 aliphatic carbocycles. The summed E-state index contributed by atoms with van der Waals surface area (Å²) in [5.41, 5.74) is 0. The molecule has 5 nitrogen and oxygen atoms in total. The van der Waals surface area contributed by atoms with Crippen molar-refractivity contribution in [3.63, 3.8) is 0 Å². The van der Waals surface area contributed by atoms with E-state index in [0.29, 0.717) is 31.6 Å². The highest BCUT2D eigenvalue weighted by atomic mass is 32.2. The van der Waals surface area contributed by atoms with Crippen LogP contribution >= 0.6 is 0 Å². The Labute approximate surface area is 112 Å². The molecule has 1 fully saturated rings. The second-order valence-electron chi connectivity index (χ2n) is 4.49. The molecule has 1 aromatic heterocycles. The molecule has 0 spiro atoms. The zero-order valence-electron chi connectivity index (χ0n) is 10.4. The first-order valence-corrected chi connectivity index (χ1v) is 7.68. The van der Waals surface area contributed by atoms with E-state index in [1.54, 1.807) is 12.3 Å². The van der Waals surface area contributed by atoms with Gasteiger partial charge in [0.05, 0.1) is 0 Å². The third-order valence-corrected chi connectivity index (χ3v) is 5.16. The highest BCUT2D eigenvalue weighted by Crippen LogP contribution is 2.23. The summed E-state index contributed by atoms with van der Waals surface area (Å²) in [4.78, 5) is 4.10. The average molecular weight is 277 g/mol. The Morgan fingerprint density at radius 1 is 1.11 bits per heavy atom. The van der Waals surface area contributed by atoms with E-state index in [1.165, 1.54) is 4.31 Å². The van der Waals surface area contributed by atoms with Crippen molar-refractivity contribution in [1.82, 2.24) is 14.6 Å². The summed E-state index contributed by atoms with van der Waals surface area (Å²) in [7, 11) is -3.51. The number of pyridine rings is 1. The fourth-order valence-electron chi connectivity index (χ4n) is 2.30. The maximum atomic E-state index is 12.6. The zero-order valence-corrected chi connectivity index (χ0v) is 11.2. The summed E-state index contributed by atoms with van der Waals surface area (Å²) < 4.78 is 26.8. The number of sulfonamides is 1. The molecule has 1 saturated heterocycles. The number of fused-ring (bicyclic) bond motifs is 1. The molecule has 100 valence electrons. The first-order valence-electron chi connectivity index (χ1n) is 6.24. The van der Waals surface area contributed by atoms with E-state index >= 15 is 0 Å². The van der Waals surface area contributed by atoms with Gasteiger partial charge in [0.25, 0.3) is 10.0 Å². The number of nitrogens with zero attached hydrogens (tertiary/aromatic N) is 2. The number of hydrogen-bond acceptors (Lipinski definition) is 4. The van der Waals surface area contributed by atoms with E-state index in [2.05, 4.69) is 10.3 Å². The lowest BCUT2D eigenvalue weighted by atomic mass is 10.2. The minimum atomic E-state index is -3.51. The third-order valence-electron chi connectivity index (χ3n) is 3.30. The van der Waals surface area contributed by atoms with E-state index < -0.39 is 10.0 Å². The SMILES string of the molecule is O=S(=O)(c1nccc2ccccc12)N1CCNCC1. The highest BCUT2D eigenvalue weighted by Gasteiger charge is 2.28. The first kappa shape index (κ1) is 12.5. The number of benzene rings is 1. The van der Waals surface area contributed by atoms with Gasteiger partial charge < -0.3 is 5.32 Å². The summed E-state index contributed by atoms with van der Waals surface area (Å²) >= 11 is 0. The summed E-state index contributed by atoms with van der Waals surface area (Å²) in [5, 5.41) is 4.89. The predicted octanol–water partition coefficient (Wildman–Crippen LogP) is 0.829. The minimum Gasteiger partial charge on any atom is -0.314 e. The predicted molar refractivity (Wildman–Crippen MR) is 73.4 cm³/mol. The van der Waals surface area contributed by atoms with E-state index in [4.69, 9.17) is 0 Å². The molecule has 1 aromatic carbocycles. The van der Waals surface area contributed by atoms with Crippen LogP contribution in [0.3, 0.4) is 0 Å². The lowest BCUT2D eigenvalue weighted by Crippen LogP contribution is -2.46. The first-order chi connectivity index (χ1) is 9.19. The van der Waals surface area contributed by atoms with Crippen LogP contribution in [0.5, 0.6) is 0 Å². The van der Waals surface area contributed by atoms with Crippen molar-refractivity contribution in [3.05, 3.63) is 36.5 Å². The van der Waals surface area contributed by atoms with E-state index in [-0.39, 0.29) is 5.03 Å². The Morgan fingerprint density at radius 3 is 2.63 bits per heavy atom. The van der Waals surface area contributed by atoms with Gasteiger partial charge in [0, 0.05) is 37.8 Å². The molecule has 19 heavy (non-hydrogen) atoms. The summed E-state index contributed by atoms with van der Waals surface area (Å²) in [6, 6.07) is 9.25. The van der Waals surface area contributed by atoms with Crippen molar-refractivity contribution in [2.45, 2.75) is 5.03 Å². The summed E-state index contributed by atoms with van der Waals surface area (Å²) in [6.45, 7) is 2.36. The van der Waals surface area contributed by atoms with E-state index in [1.807, 2.05) is 24.3 Å². The van der Waals surface area contributed by atoms with Crippen molar-refractivity contribution < 1.29 is 8.42 Å². The highest BCUT2D eigenvalue weighted by molar-refractivity contribution is 7.89. The average Bonchev–Trinajstić information content (AvgIpc) is 2.47. The van der Waals surface area contributed by atoms with Crippen molar-refractivity contribution in [1.29, 1.82) is 0 Å². The molecule has 3 rings (SSSR count). The number of piperazine rings is 1. The van der Waals surface area contributed by atoms with Crippen LogP contribution in [-0.2, 0) is 10.0 Å². The van der Waals surface area contributed by atoms with Crippen LogP contribution in [0.2, 0.25) is 0 Å². The number of nitrogens with one attached hydrogen (secondary N) is 1. The van der Waals surface area contributed by atoms with Gasteiger partial charge in [0.2, 0.25) is 0 Å². The van der Waals surface area contributed by atoms with Gasteiger partial charge in [-0.3, -0.25) is 0 Å². The van der Waals surface area contributed by atoms with Crippen molar-refractivity contribution in [3.8, 4) is 0 Å². The summed E-state index contributed by atoms with van der Waals surface area (Å²) in [5.74, 6) is 0. The fourth-order valence-corrected chi connectivity index (χ4v) is 3.87. The van der Waals surface area contributed by atoms with Crippen LogP contribution in [0, 0.1) is 0 Å². The Balaban J connectivity index is 2.12. The van der Waals surface area contributed by atoms with Crippen LogP contribution in [0.1, 0.15) is 0 Å². The molecule has 2 aromatic rings. The molecule has 0 unspecified atom stereocenters. The maximum absolute atomic E-state index is 12.6. The van der Waals surface area contributed by atoms with Crippen LogP contribution in [-0.4, -0.2) is 43.9 Å². The molecule has 2 heterocycles. The van der Waals surface area contributed by atoms with E-state index in [9.17, 15) is 8.42 Å². The van der Waals surface area contributed by atoms with Crippen molar-refractivity contribution >= 4 is 20.8 Å². The van der Waals surface area contributed by atoms with Crippen LogP contribution in [0.4, 0.5) is 0 Å². The van der Waals surface area contributed by atoms with Gasteiger partial charge in [-0.15, -0.1) is 0 Å². The molecule has 1 aliphatic rings. The van der Waals surface area contributed by atoms with Gasteiger partial charge in [-0.2, -0.15) is 4.31 Å². The largest absolute Gasteiger partial charge is 0.314 e. The number of hydrogen-bond donors (Lipinski definition) is 1. The Kier molecular flexibility index (Phi) is 3.22. The van der Waals surface area contributed by atoms with Gasteiger partial charge in [0.15, 0.2) is 5.03 Å². The molecule has 1 aliphatic heterocycles. The molecular formula is C13H15N3O2S. The Bertz CT molecular complexity index is 689. The van der Waals surface area contributed by atoms with Crippen molar-refractivity contribution in [2.75, 3.05) is 26.2 Å². The second-order valence-corrected chi connectivity index (χ2v) is 6.34. The van der Waals surface area contributed by atoms with Crippen LogP contribution in [0.15, 0.2) is 41.6 Å². The van der Waals surface area contributed by atoms with Gasteiger partial charge >= 0.3 is 0 Å². The second kappa shape index (κ2) is 4.88. The van der Waals surface area contributed by atoms with Crippen LogP contribution < -0.4 is 5.32 Å². The lowest BCUT2D eigenvalue weighted by molar-refractivity contribution is 0.359. The monoisotopic (exact) mass is 277 g/mol. The number of aromatic nitrogens is 1. The van der Waals surface area contributed by atoms with E-state index in [0.717, 1.165) is 5.39 Å². The molecule has 0 bridgehead atoms. The van der Waals surface area contributed by atoms with Gasteiger partial charge in [0.1, 0.15) is 0 Å². The quantitative estimate of drug-likeness (QED) is 0.883. The molecule has 0 atom stereocenters. The normalized spacial score (nSPS) is 17.7. The van der Waals surface area contributed by atoms with Crippen LogP contribution in [0.25, 0.3) is 10.8 Å². The van der Waals surface area contributed by atoms with Gasteiger partial charge in [-0.1, -0.05) is 24.3 Å². The standard InChI is InChI=1S/C13H15N3O2S/c17-19(18,16-9-7-14-8-10-16)13-12-4-2-1-3-11(12)5-6-15-13/h1-6,14H,7-10H2. The zero-order chi connectivity index (χ0) is 13.3. The lowest BCUT2D eigenvalue weighted by Gasteiger charge is -2.26. The Hall–Kier alpha value is -1.50. The molecule has 1 N–H and O–H groups in total. The molecular weight excluding hydrogens is 262 g/mol. The minimum absolute atomic E-state index is 0.160. The fraction of sp³-hybridized carbons (Fsp3) is 0.308. The maximum Gasteiger partial charge on any atom is 0.261 e. The molecule has 6 heteroatoms. The Morgan fingerprint density at radius 2 is 1.84 bits per heavy atom. The van der Waals surface area contributed by atoms with Crippen molar-refractivity contribution in [2.24, 2.45) is 0 Å². The molecule has 0 radical (unpaired) electrons. The number of rotatable bonds is 2. The van der Waals surface area contributed by atoms with Gasteiger partial charge in [-0.05, 0) is 11.5 Å². The summed E-state index contributed by atoms with van der Waals surface area (Å²) in [6.07, 6.45) is 1.55. The molecule has 0 saturated carbocycles. The molecule has 0 amide bonds. The topological polar surface area (TPSA) is 62.3 Å². The van der Waals surface area contributed by atoms with Gasteiger partial charge in [-0.25, -0.2) is 13.4 Å². The smallest absolute Gasteiger partial charge is 0.261 e. The third kappa shape index (κ3) is 2.22.